The van der Waals surface area contributed by atoms with Gasteiger partial charge < -0.3 is 24.1 Å². The standard InChI is InChI=1S/C17H25N3O6/c1-17(2,3)26-16(23)20-9-7-11(8-10-20)18-15(22)19-13-6-5-12(25-13)14(21)24-4/h5-6,11H,7-10H2,1-4H3,(H2,18,19,22). The van der Waals surface area contributed by atoms with E-state index >= 15 is 0 Å². The maximum atomic E-state index is 12.0. The summed E-state index contributed by atoms with van der Waals surface area (Å²) in [7, 11) is 1.24. The molecule has 0 spiro atoms. The van der Waals surface area contributed by atoms with Gasteiger partial charge in [0, 0.05) is 25.2 Å². The number of nitrogens with zero attached hydrogens (tertiary/aromatic N) is 1. The van der Waals surface area contributed by atoms with Crippen molar-refractivity contribution in [2.24, 2.45) is 0 Å². The van der Waals surface area contributed by atoms with Gasteiger partial charge >= 0.3 is 18.1 Å². The molecule has 1 saturated heterocycles. The predicted molar refractivity (Wildman–Crippen MR) is 93.0 cm³/mol. The number of nitrogens with one attached hydrogen (secondary N) is 2. The second kappa shape index (κ2) is 8.11. The summed E-state index contributed by atoms with van der Waals surface area (Å²) in [6, 6.07) is 2.38. The first-order valence-corrected chi connectivity index (χ1v) is 8.41. The molecular formula is C17H25N3O6. The molecule has 2 N–H and O–H groups in total. The summed E-state index contributed by atoms with van der Waals surface area (Å²) in [5.74, 6) is -0.462. The maximum Gasteiger partial charge on any atom is 0.410 e. The van der Waals surface area contributed by atoms with Crippen molar-refractivity contribution < 1.29 is 28.3 Å². The lowest BCUT2D eigenvalue weighted by atomic mass is 10.1. The minimum atomic E-state index is -0.618. The van der Waals surface area contributed by atoms with Crippen LogP contribution < -0.4 is 10.6 Å². The van der Waals surface area contributed by atoms with Crippen LogP contribution in [0.5, 0.6) is 0 Å². The Hall–Kier alpha value is -2.71. The minimum Gasteiger partial charge on any atom is -0.463 e. The van der Waals surface area contributed by atoms with Gasteiger partial charge in [0.05, 0.1) is 7.11 Å². The first-order valence-electron chi connectivity index (χ1n) is 8.41. The number of furan rings is 1. The Morgan fingerprint density at radius 3 is 2.42 bits per heavy atom. The SMILES string of the molecule is COC(=O)c1ccc(NC(=O)NC2CCN(C(=O)OC(C)(C)C)CC2)o1. The predicted octanol–water partition coefficient (Wildman–Crippen LogP) is 2.59. The van der Waals surface area contributed by atoms with Crippen LogP contribution in [0.1, 0.15) is 44.2 Å². The van der Waals surface area contributed by atoms with Gasteiger partial charge in [-0.1, -0.05) is 0 Å². The summed E-state index contributed by atoms with van der Waals surface area (Å²) in [6.45, 7) is 6.48. The van der Waals surface area contributed by atoms with Crippen molar-refractivity contribution in [3.63, 3.8) is 0 Å². The van der Waals surface area contributed by atoms with E-state index in [0.29, 0.717) is 25.9 Å². The fourth-order valence-corrected chi connectivity index (χ4v) is 2.48. The quantitative estimate of drug-likeness (QED) is 0.795. The van der Waals surface area contributed by atoms with Crippen LogP contribution in [0.3, 0.4) is 0 Å². The monoisotopic (exact) mass is 367 g/mol. The summed E-state index contributed by atoms with van der Waals surface area (Å²) in [5, 5.41) is 5.35. The van der Waals surface area contributed by atoms with Gasteiger partial charge in [-0.2, -0.15) is 0 Å². The van der Waals surface area contributed by atoms with Crippen molar-refractivity contribution in [2.75, 3.05) is 25.5 Å². The topological polar surface area (TPSA) is 110 Å². The summed E-state index contributed by atoms with van der Waals surface area (Å²) in [6.07, 6.45) is 0.905. The number of ether oxygens (including phenoxy) is 2. The molecule has 0 unspecified atom stereocenters. The molecule has 0 bridgehead atoms. The molecule has 0 aromatic carbocycles. The summed E-state index contributed by atoms with van der Waals surface area (Å²) >= 11 is 0. The largest absolute Gasteiger partial charge is 0.463 e. The van der Waals surface area contributed by atoms with E-state index in [-0.39, 0.29) is 23.8 Å². The first kappa shape index (κ1) is 19.6. The molecule has 1 aliphatic rings. The van der Waals surface area contributed by atoms with Crippen molar-refractivity contribution in [3.8, 4) is 0 Å². The molecule has 2 heterocycles. The molecule has 0 aliphatic carbocycles. The van der Waals surface area contributed by atoms with Gasteiger partial charge in [0.2, 0.25) is 11.6 Å². The highest BCUT2D eigenvalue weighted by Gasteiger charge is 2.27. The Kier molecular flexibility index (Phi) is 6.12. The van der Waals surface area contributed by atoms with E-state index in [1.54, 1.807) is 4.90 Å². The second-order valence-electron chi connectivity index (χ2n) is 7.00. The normalized spacial score (nSPS) is 15.3. The number of urea groups is 1. The summed E-state index contributed by atoms with van der Waals surface area (Å²) in [4.78, 5) is 37.0. The summed E-state index contributed by atoms with van der Waals surface area (Å²) in [5.41, 5.74) is -0.530. The Morgan fingerprint density at radius 1 is 1.19 bits per heavy atom. The van der Waals surface area contributed by atoms with E-state index in [1.165, 1.54) is 19.2 Å². The molecular weight excluding hydrogens is 342 g/mol. The number of methoxy groups -OCH3 is 1. The third-order valence-electron chi connectivity index (χ3n) is 3.71. The lowest BCUT2D eigenvalue weighted by molar-refractivity contribution is 0.0201. The zero-order valence-corrected chi connectivity index (χ0v) is 15.5. The Labute approximate surface area is 152 Å². The van der Waals surface area contributed by atoms with Gasteiger partial charge in [0.25, 0.3) is 0 Å². The molecule has 1 fully saturated rings. The van der Waals surface area contributed by atoms with Crippen LogP contribution in [0.25, 0.3) is 0 Å². The lowest BCUT2D eigenvalue weighted by Crippen LogP contribution is -2.48. The average molecular weight is 367 g/mol. The molecule has 9 nitrogen and oxygen atoms in total. The Morgan fingerprint density at radius 2 is 1.85 bits per heavy atom. The van der Waals surface area contributed by atoms with Gasteiger partial charge in [-0.3, -0.25) is 5.32 Å². The highest BCUT2D eigenvalue weighted by molar-refractivity contribution is 5.90. The van der Waals surface area contributed by atoms with E-state index in [0.717, 1.165) is 0 Å². The molecule has 1 aromatic rings. The lowest BCUT2D eigenvalue weighted by Gasteiger charge is -2.33. The average Bonchev–Trinajstić information content (AvgIpc) is 3.01. The van der Waals surface area contributed by atoms with E-state index in [2.05, 4.69) is 15.4 Å². The molecule has 0 radical (unpaired) electrons. The fourth-order valence-electron chi connectivity index (χ4n) is 2.48. The van der Waals surface area contributed by atoms with Crippen LogP contribution in [-0.2, 0) is 9.47 Å². The number of esters is 1. The summed E-state index contributed by atoms with van der Waals surface area (Å²) < 4.78 is 15.0. The molecule has 144 valence electrons. The molecule has 0 atom stereocenters. The van der Waals surface area contributed by atoms with E-state index in [1.807, 2.05) is 20.8 Å². The minimum absolute atomic E-state index is 0.00784. The third kappa shape index (κ3) is 5.68. The van der Waals surface area contributed by atoms with Crippen molar-refractivity contribution in [1.29, 1.82) is 0 Å². The number of amides is 3. The molecule has 1 aromatic heterocycles. The van der Waals surface area contributed by atoms with Crippen LogP contribution in [0.15, 0.2) is 16.5 Å². The third-order valence-corrected chi connectivity index (χ3v) is 3.71. The van der Waals surface area contributed by atoms with Crippen LogP contribution in [0.4, 0.5) is 15.5 Å². The van der Waals surface area contributed by atoms with E-state index in [4.69, 9.17) is 9.15 Å². The van der Waals surface area contributed by atoms with E-state index < -0.39 is 17.6 Å². The number of carbonyl (C=O) groups excluding carboxylic acids is 3. The molecule has 0 saturated carbocycles. The van der Waals surface area contributed by atoms with Gasteiger partial charge in [0.1, 0.15) is 5.60 Å². The fraction of sp³-hybridized carbons (Fsp3) is 0.588. The second-order valence-corrected chi connectivity index (χ2v) is 7.00. The number of hydrogen-bond acceptors (Lipinski definition) is 6. The van der Waals surface area contributed by atoms with Crippen LogP contribution >= 0.6 is 0 Å². The number of carbonyl (C=O) groups is 3. The van der Waals surface area contributed by atoms with Crippen LogP contribution in [0.2, 0.25) is 0 Å². The van der Waals surface area contributed by atoms with Gasteiger partial charge in [-0.25, -0.2) is 14.4 Å². The first-order chi connectivity index (χ1) is 12.2. The van der Waals surface area contributed by atoms with Crippen molar-refractivity contribution >= 4 is 24.0 Å². The van der Waals surface area contributed by atoms with Gasteiger partial charge in [0.15, 0.2) is 0 Å². The van der Waals surface area contributed by atoms with Gasteiger partial charge in [-0.05, 0) is 39.7 Å². The number of anilines is 1. The molecule has 2 rings (SSSR count). The number of piperidine rings is 1. The number of likely N-dealkylation sites (tertiary alicyclic amines) is 1. The molecule has 26 heavy (non-hydrogen) atoms. The van der Waals surface area contributed by atoms with E-state index in [9.17, 15) is 14.4 Å². The van der Waals surface area contributed by atoms with Crippen molar-refractivity contribution in [3.05, 3.63) is 17.9 Å². The highest BCUT2D eigenvalue weighted by Crippen LogP contribution is 2.17. The van der Waals surface area contributed by atoms with Crippen LogP contribution in [-0.4, -0.2) is 54.8 Å². The van der Waals surface area contributed by atoms with Crippen molar-refractivity contribution in [2.45, 2.75) is 45.3 Å². The Bertz CT molecular complexity index is 656. The Balaban J connectivity index is 1.76. The van der Waals surface area contributed by atoms with Gasteiger partial charge in [-0.15, -0.1) is 0 Å². The van der Waals surface area contributed by atoms with Crippen molar-refractivity contribution in [1.82, 2.24) is 10.2 Å². The molecule has 1 aliphatic heterocycles. The zero-order valence-electron chi connectivity index (χ0n) is 15.5. The number of hydrogen-bond donors (Lipinski definition) is 2. The van der Waals surface area contributed by atoms with Crippen LogP contribution in [0, 0.1) is 0 Å². The smallest absolute Gasteiger partial charge is 0.410 e. The number of rotatable bonds is 3. The maximum absolute atomic E-state index is 12.0. The zero-order chi connectivity index (χ0) is 19.3. The highest BCUT2D eigenvalue weighted by atomic mass is 16.6. The molecule has 9 heteroatoms. The molecule has 3 amide bonds.